The van der Waals surface area contributed by atoms with E-state index in [2.05, 4.69) is 20.7 Å². The Bertz CT molecular complexity index is 895. The van der Waals surface area contributed by atoms with Crippen molar-refractivity contribution in [2.24, 2.45) is 0 Å². The van der Waals surface area contributed by atoms with E-state index in [1.807, 2.05) is 30.3 Å². The van der Waals surface area contributed by atoms with Crippen molar-refractivity contribution in [2.45, 2.75) is 6.61 Å². The number of hydrogen-bond acceptors (Lipinski definition) is 3. The van der Waals surface area contributed by atoms with Crippen LogP contribution >= 0.6 is 15.9 Å². The Morgan fingerprint density at radius 1 is 0.920 bits per heavy atom. The molecule has 0 aliphatic carbocycles. The van der Waals surface area contributed by atoms with Crippen LogP contribution in [-0.2, 0) is 0 Å². The second-order valence-electron chi connectivity index (χ2n) is 5.27. The molecule has 3 nitrogen and oxygen atoms in total. The zero-order chi connectivity index (χ0) is 17.8. The molecule has 25 heavy (non-hydrogen) atoms. The lowest BCUT2D eigenvalue weighted by atomic mass is 10.1. The van der Waals surface area contributed by atoms with Crippen molar-refractivity contribution in [2.75, 3.05) is 6.61 Å². The maximum Gasteiger partial charge on any atom is 0.387 e. The summed E-state index contributed by atoms with van der Waals surface area (Å²) in [6.07, 6.45) is 0. The van der Waals surface area contributed by atoms with E-state index in [0.29, 0.717) is 11.3 Å². The van der Waals surface area contributed by atoms with Gasteiger partial charge in [0.1, 0.15) is 11.5 Å². The van der Waals surface area contributed by atoms with Crippen molar-refractivity contribution in [3.63, 3.8) is 0 Å². The summed E-state index contributed by atoms with van der Waals surface area (Å²) in [6, 6.07) is 17.0. The van der Waals surface area contributed by atoms with Gasteiger partial charge in [0.05, 0.1) is 0 Å². The van der Waals surface area contributed by atoms with E-state index in [1.54, 1.807) is 6.07 Å². The molecule has 0 aliphatic heterocycles. The highest BCUT2D eigenvalue weighted by Crippen LogP contribution is 2.24. The highest BCUT2D eigenvalue weighted by Gasteiger charge is 2.09. The molecule has 0 saturated carbocycles. The SMILES string of the molecule is O=C(COc1ccc2cc(Br)ccc2c1)c1ccc(OC(F)F)cc1. The van der Waals surface area contributed by atoms with Crippen molar-refractivity contribution < 1.29 is 23.0 Å². The predicted octanol–water partition coefficient (Wildman–Crippen LogP) is 5.47. The second-order valence-corrected chi connectivity index (χ2v) is 6.18. The van der Waals surface area contributed by atoms with E-state index in [4.69, 9.17) is 4.74 Å². The van der Waals surface area contributed by atoms with Gasteiger partial charge in [-0.1, -0.05) is 28.1 Å². The van der Waals surface area contributed by atoms with E-state index < -0.39 is 6.61 Å². The molecule has 0 amide bonds. The molecule has 0 heterocycles. The van der Waals surface area contributed by atoms with Crippen LogP contribution in [0.3, 0.4) is 0 Å². The van der Waals surface area contributed by atoms with Crippen LogP contribution in [0.15, 0.2) is 65.1 Å². The van der Waals surface area contributed by atoms with Crippen LogP contribution in [0.5, 0.6) is 11.5 Å². The van der Waals surface area contributed by atoms with Crippen molar-refractivity contribution in [3.8, 4) is 11.5 Å². The van der Waals surface area contributed by atoms with E-state index in [9.17, 15) is 13.6 Å². The molecule has 0 unspecified atom stereocenters. The quantitative estimate of drug-likeness (QED) is 0.509. The molecule has 3 aromatic carbocycles. The molecule has 0 aromatic heterocycles. The number of carbonyl (C=O) groups is 1. The average Bonchev–Trinajstić information content (AvgIpc) is 2.59. The van der Waals surface area contributed by atoms with Crippen LogP contribution in [-0.4, -0.2) is 19.0 Å². The van der Waals surface area contributed by atoms with Crippen molar-refractivity contribution in [1.82, 2.24) is 0 Å². The first-order valence-corrected chi connectivity index (χ1v) is 8.21. The first-order chi connectivity index (χ1) is 12.0. The summed E-state index contributed by atoms with van der Waals surface area (Å²) >= 11 is 3.42. The number of halogens is 3. The van der Waals surface area contributed by atoms with Crippen LogP contribution in [0.25, 0.3) is 10.8 Å². The number of Topliss-reactive ketones (excluding diaryl/α,β-unsaturated/α-hetero) is 1. The Morgan fingerprint density at radius 2 is 1.56 bits per heavy atom. The number of alkyl halides is 2. The third kappa shape index (κ3) is 4.54. The van der Waals surface area contributed by atoms with Crippen LogP contribution in [0, 0.1) is 0 Å². The van der Waals surface area contributed by atoms with Gasteiger partial charge < -0.3 is 9.47 Å². The summed E-state index contributed by atoms with van der Waals surface area (Å²) in [5.74, 6) is 0.341. The lowest BCUT2D eigenvalue weighted by Crippen LogP contribution is -2.11. The number of benzene rings is 3. The Balaban J connectivity index is 1.64. The van der Waals surface area contributed by atoms with E-state index in [-0.39, 0.29) is 18.1 Å². The van der Waals surface area contributed by atoms with Crippen molar-refractivity contribution in [1.29, 1.82) is 0 Å². The summed E-state index contributed by atoms with van der Waals surface area (Å²) in [5, 5.41) is 2.06. The number of fused-ring (bicyclic) bond motifs is 1. The molecule has 3 aromatic rings. The van der Waals surface area contributed by atoms with Gasteiger partial charge in [-0.05, 0) is 59.3 Å². The minimum Gasteiger partial charge on any atom is -0.485 e. The Labute approximate surface area is 151 Å². The van der Waals surface area contributed by atoms with Gasteiger partial charge in [-0.25, -0.2) is 0 Å². The molecule has 0 aliphatic rings. The molecule has 6 heteroatoms. The summed E-state index contributed by atoms with van der Waals surface area (Å²) in [4.78, 5) is 12.1. The van der Waals surface area contributed by atoms with Crippen LogP contribution in [0.1, 0.15) is 10.4 Å². The normalized spacial score (nSPS) is 10.9. The maximum absolute atomic E-state index is 12.1. The molecule has 0 N–H and O–H groups in total. The number of rotatable bonds is 6. The minimum absolute atomic E-state index is 0.00755. The van der Waals surface area contributed by atoms with Gasteiger partial charge in [-0.3, -0.25) is 4.79 Å². The number of ketones is 1. The van der Waals surface area contributed by atoms with Gasteiger partial charge in [-0.15, -0.1) is 0 Å². The number of hydrogen-bond donors (Lipinski definition) is 0. The van der Waals surface area contributed by atoms with Gasteiger partial charge in [0.25, 0.3) is 0 Å². The molecular weight excluding hydrogens is 394 g/mol. The van der Waals surface area contributed by atoms with Crippen LogP contribution < -0.4 is 9.47 Å². The third-order valence-corrected chi connectivity index (χ3v) is 4.04. The molecule has 128 valence electrons. The van der Waals surface area contributed by atoms with Gasteiger partial charge >= 0.3 is 6.61 Å². The highest BCUT2D eigenvalue weighted by molar-refractivity contribution is 9.10. The first kappa shape index (κ1) is 17.4. The average molecular weight is 407 g/mol. The summed E-state index contributed by atoms with van der Waals surface area (Å²) in [5.41, 5.74) is 0.367. The fraction of sp³-hybridized carbons (Fsp3) is 0.105. The fourth-order valence-corrected chi connectivity index (χ4v) is 2.72. The Kier molecular flexibility index (Phi) is 5.28. The standard InChI is InChI=1S/C19H13BrF2O3/c20-15-5-1-14-10-17(8-4-13(14)9-15)24-11-18(23)12-2-6-16(7-3-12)25-19(21)22/h1-10,19H,11H2. The third-order valence-electron chi connectivity index (χ3n) is 3.55. The van der Waals surface area contributed by atoms with Gasteiger partial charge in [0, 0.05) is 10.0 Å². The number of ether oxygens (including phenoxy) is 2. The zero-order valence-electron chi connectivity index (χ0n) is 12.9. The van der Waals surface area contributed by atoms with Crippen LogP contribution in [0.2, 0.25) is 0 Å². The van der Waals surface area contributed by atoms with E-state index in [1.165, 1.54) is 24.3 Å². The molecule has 0 bridgehead atoms. The number of carbonyl (C=O) groups excluding carboxylic acids is 1. The smallest absolute Gasteiger partial charge is 0.387 e. The zero-order valence-corrected chi connectivity index (χ0v) is 14.5. The summed E-state index contributed by atoms with van der Waals surface area (Å²) in [6.45, 7) is -3.03. The Hall–Kier alpha value is -2.47. The largest absolute Gasteiger partial charge is 0.485 e. The van der Waals surface area contributed by atoms with Crippen molar-refractivity contribution in [3.05, 3.63) is 70.7 Å². The highest BCUT2D eigenvalue weighted by atomic mass is 79.9. The molecule has 0 atom stereocenters. The molecule has 0 fully saturated rings. The molecule has 0 radical (unpaired) electrons. The molecular formula is C19H13BrF2O3. The van der Waals surface area contributed by atoms with Gasteiger partial charge in [0.15, 0.2) is 12.4 Å². The lowest BCUT2D eigenvalue weighted by Gasteiger charge is -2.08. The van der Waals surface area contributed by atoms with E-state index >= 15 is 0 Å². The lowest BCUT2D eigenvalue weighted by molar-refractivity contribution is -0.0498. The molecule has 3 rings (SSSR count). The first-order valence-electron chi connectivity index (χ1n) is 7.41. The monoisotopic (exact) mass is 406 g/mol. The molecule has 0 spiro atoms. The van der Waals surface area contributed by atoms with E-state index in [0.717, 1.165) is 15.2 Å². The van der Waals surface area contributed by atoms with Gasteiger partial charge in [-0.2, -0.15) is 8.78 Å². The molecule has 0 saturated heterocycles. The fourth-order valence-electron chi connectivity index (χ4n) is 2.34. The summed E-state index contributed by atoms with van der Waals surface area (Å²) in [7, 11) is 0. The Morgan fingerprint density at radius 3 is 2.28 bits per heavy atom. The van der Waals surface area contributed by atoms with Crippen LogP contribution in [0.4, 0.5) is 8.78 Å². The topological polar surface area (TPSA) is 35.5 Å². The van der Waals surface area contributed by atoms with Crippen molar-refractivity contribution >= 4 is 32.5 Å². The minimum atomic E-state index is -2.89. The maximum atomic E-state index is 12.1. The second kappa shape index (κ2) is 7.61. The predicted molar refractivity (Wildman–Crippen MR) is 94.5 cm³/mol. The summed E-state index contributed by atoms with van der Waals surface area (Å²) < 4.78 is 35.0. The van der Waals surface area contributed by atoms with Gasteiger partial charge in [0.2, 0.25) is 0 Å².